The van der Waals surface area contributed by atoms with Gasteiger partial charge in [0.15, 0.2) is 5.78 Å². The maximum atomic E-state index is 13.3. The van der Waals surface area contributed by atoms with Crippen LogP contribution in [0.4, 0.5) is 5.69 Å². The summed E-state index contributed by atoms with van der Waals surface area (Å²) in [6, 6.07) is 5.68. The van der Waals surface area contributed by atoms with Crippen LogP contribution in [0.25, 0.3) is 0 Å². The summed E-state index contributed by atoms with van der Waals surface area (Å²) in [4.78, 5) is 25.7. The topological polar surface area (TPSA) is 55.4 Å². The van der Waals surface area contributed by atoms with Gasteiger partial charge in [-0.1, -0.05) is 42.8 Å². The van der Waals surface area contributed by atoms with Crippen LogP contribution in [-0.4, -0.2) is 23.6 Å². The minimum absolute atomic E-state index is 0.104. The van der Waals surface area contributed by atoms with Crippen molar-refractivity contribution in [2.75, 3.05) is 12.4 Å². The molecule has 0 aromatic heterocycles. The van der Waals surface area contributed by atoms with Crippen LogP contribution in [0.3, 0.4) is 0 Å². The first-order valence-corrected chi connectivity index (χ1v) is 9.18. The van der Waals surface area contributed by atoms with E-state index in [4.69, 9.17) is 4.74 Å². The summed E-state index contributed by atoms with van der Waals surface area (Å²) in [5, 5.41) is 3.04. The average molecular weight is 394 g/mol. The van der Waals surface area contributed by atoms with Gasteiger partial charge in [-0.05, 0) is 42.9 Å². The summed E-state index contributed by atoms with van der Waals surface area (Å²) >= 11 is 3.55. The van der Waals surface area contributed by atoms with E-state index >= 15 is 0 Å². The van der Waals surface area contributed by atoms with Crippen LogP contribution in [0.15, 0.2) is 18.2 Å². The van der Waals surface area contributed by atoms with Crippen LogP contribution >= 0.6 is 15.9 Å². The molecule has 1 amide bonds. The molecule has 3 atom stereocenters. The molecule has 3 rings (SSSR count). The summed E-state index contributed by atoms with van der Waals surface area (Å²) in [5.74, 6) is 0.664. The largest absolute Gasteiger partial charge is 0.495 e. The fourth-order valence-corrected chi connectivity index (χ4v) is 6.12. The molecule has 2 saturated carbocycles. The van der Waals surface area contributed by atoms with Gasteiger partial charge in [-0.3, -0.25) is 9.59 Å². The molecule has 2 aliphatic carbocycles. The van der Waals surface area contributed by atoms with Gasteiger partial charge in [-0.2, -0.15) is 0 Å². The van der Waals surface area contributed by atoms with Gasteiger partial charge in [0.2, 0.25) is 5.91 Å². The number of rotatable bonds is 3. The molecule has 2 aliphatic rings. The number of ether oxygens (including phenoxy) is 1. The van der Waals surface area contributed by atoms with Crippen LogP contribution < -0.4 is 10.1 Å². The molecule has 130 valence electrons. The van der Waals surface area contributed by atoms with E-state index < -0.39 is 21.1 Å². The third-order valence-electron chi connectivity index (χ3n) is 6.73. The zero-order valence-electron chi connectivity index (χ0n) is 14.8. The van der Waals surface area contributed by atoms with Gasteiger partial charge in [0.05, 0.1) is 23.0 Å². The first kappa shape index (κ1) is 17.5. The maximum absolute atomic E-state index is 13.3. The second-order valence-corrected chi connectivity index (χ2v) is 8.73. The van der Waals surface area contributed by atoms with Crippen molar-refractivity contribution < 1.29 is 14.3 Å². The van der Waals surface area contributed by atoms with E-state index in [0.29, 0.717) is 17.9 Å². The quantitative estimate of drug-likeness (QED) is 0.786. The number of benzene rings is 1. The molecule has 1 N–H and O–H groups in total. The molecule has 5 heteroatoms. The molecule has 0 saturated heterocycles. The van der Waals surface area contributed by atoms with Gasteiger partial charge < -0.3 is 10.1 Å². The highest BCUT2D eigenvalue weighted by Crippen LogP contribution is 2.72. The molecule has 3 unspecified atom stereocenters. The van der Waals surface area contributed by atoms with Crippen molar-refractivity contribution in [1.82, 2.24) is 0 Å². The number of alkyl halides is 1. The SMILES string of the molecule is COc1ccc(C)cc1NC(=O)C12CCC(C)(C(=O)C1Br)C2(C)C. The summed E-state index contributed by atoms with van der Waals surface area (Å²) in [6.07, 6.45) is 1.46. The van der Waals surface area contributed by atoms with Crippen LogP contribution in [-0.2, 0) is 9.59 Å². The third-order valence-corrected chi connectivity index (χ3v) is 7.93. The van der Waals surface area contributed by atoms with E-state index in [-0.39, 0.29) is 11.7 Å². The molecule has 0 heterocycles. The van der Waals surface area contributed by atoms with Gasteiger partial charge in [-0.15, -0.1) is 0 Å². The standard InChI is InChI=1S/C19H24BrNO3/c1-11-6-7-13(24-5)12(10-11)21-16(23)19-9-8-18(4,17(19,2)3)15(22)14(19)20/h6-7,10,14H,8-9H2,1-5H3,(H,21,23). The molecule has 0 spiro atoms. The number of halogens is 1. The summed E-state index contributed by atoms with van der Waals surface area (Å²) in [6.45, 7) is 8.06. The molecule has 4 nitrogen and oxygen atoms in total. The Balaban J connectivity index is 2.02. The maximum Gasteiger partial charge on any atom is 0.232 e. The van der Waals surface area contributed by atoms with Gasteiger partial charge >= 0.3 is 0 Å². The molecule has 1 aromatic rings. The lowest BCUT2D eigenvalue weighted by atomic mass is 9.64. The second-order valence-electron chi connectivity index (χ2n) is 7.81. The number of carbonyl (C=O) groups is 2. The van der Waals surface area contributed by atoms with Gasteiger partial charge in [0.25, 0.3) is 0 Å². The lowest BCUT2D eigenvalue weighted by Crippen LogP contribution is -2.48. The number of carbonyl (C=O) groups excluding carboxylic acids is 2. The van der Waals surface area contributed by atoms with Crippen LogP contribution in [0.5, 0.6) is 5.75 Å². The van der Waals surface area contributed by atoms with Crippen LogP contribution in [0.2, 0.25) is 0 Å². The van der Waals surface area contributed by atoms with Crippen LogP contribution in [0.1, 0.15) is 39.2 Å². The molecular weight excluding hydrogens is 370 g/mol. The first-order chi connectivity index (χ1) is 11.1. The van der Waals surface area contributed by atoms with E-state index in [1.54, 1.807) is 7.11 Å². The second kappa shape index (κ2) is 5.32. The lowest BCUT2D eigenvalue weighted by molar-refractivity contribution is -0.130. The Morgan fingerprint density at radius 3 is 2.50 bits per heavy atom. The van der Waals surface area contributed by atoms with E-state index in [9.17, 15) is 9.59 Å². The number of hydrogen-bond donors (Lipinski definition) is 1. The Kier molecular flexibility index (Phi) is 3.87. The normalized spacial score (nSPS) is 33.6. The Labute approximate surface area is 151 Å². The highest BCUT2D eigenvalue weighted by molar-refractivity contribution is 9.10. The number of ketones is 1. The Morgan fingerprint density at radius 2 is 1.96 bits per heavy atom. The summed E-state index contributed by atoms with van der Waals surface area (Å²) in [7, 11) is 1.58. The number of amides is 1. The fourth-order valence-electron chi connectivity index (χ4n) is 4.61. The lowest BCUT2D eigenvalue weighted by Gasteiger charge is -2.39. The van der Waals surface area contributed by atoms with Crippen LogP contribution in [0, 0.1) is 23.2 Å². The van der Waals surface area contributed by atoms with Crippen molar-refractivity contribution >= 4 is 33.3 Å². The monoisotopic (exact) mass is 393 g/mol. The van der Waals surface area contributed by atoms with Gasteiger partial charge in [-0.25, -0.2) is 0 Å². The zero-order chi connectivity index (χ0) is 17.9. The predicted molar refractivity (Wildman–Crippen MR) is 97.6 cm³/mol. The first-order valence-electron chi connectivity index (χ1n) is 8.26. The van der Waals surface area contributed by atoms with Gasteiger partial charge in [0, 0.05) is 5.41 Å². The number of hydrogen-bond acceptors (Lipinski definition) is 3. The van der Waals surface area contributed by atoms with E-state index in [2.05, 4.69) is 21.2 Å². The summed E-state index contributed by atoms with van der Waals surface area (Å²) < 4.78 is 5.37. The van der Waals surface area contributed by atoms with Crippen molar-refractivity contribution in [3.63, 3.8) is 0 Å². The number of anilines is 1. The smallest absolute Gasteiger partial charge is 0.232 e. The zero-order valence-corrected chi connectivity index (χ0v) is 16.4. The molecule has 2 bridgehead atoms. The van der Waals surface area contributed by atoms with Crippen molar-refractivity contribution in [3.05, 3.63) is 23.8 Å². The van der Waals surface area contributed by atoms with E-state index in [1.807, 2.05) is 45.9 Å². The Bertz CT molecular complexity index is 729. The fraction of sp³-hybridized carbons (Fsp3) is 0.579. The third kappa shape index (κ3) is 1.91. The van der Waals surface area contributed by atoms with Crippen molar-refractivity contribution in [2.24, 2.45) is 16.2 Å². The minimum Gasteiger partial charge on any atom is -0.495 e. The van der Waals surface area contributed by atoms with Crippen molar-refractivity contribution in [2.45, 2.75) is 45.4 Å². The van der Waals surface area contributed by atoms with E-state index in [0.717, 1.165) is 12.0 Å². The van der Waals surface area contributed by atoms with Crippen molar-refractivity contribution in [3.8, 4) is 5.75 Å². The minimum atomic E-state index is -0.742. The predicted octanol–water partition coefficient (Wildman–Crippen LogP) is 4.10. The number of methoxy groups -OCH3 is 1. The number of fused-ring (bicyclic) bond motifs is 2. The molecule has 2 fully saturated rings. The highest BCUT2D eigenvalue weighted by Gasteiger charge is 2.76. The molecule has 24 heavy (non-hydrogen) atoms. The van der Waals surface area contributed by atoms with Gasteiger partial charge in [0.1, 0.15) is 5.75 Å². The average Bonchev–Trinajstić information content (AvgIpc) is 2.79. The summed E-state index contributed by atoms with van der Waals surface area (Å²) in [5.41, 5.74) is 0.0761. The van der Waals surface area contributed by atoms with E-state index in [1.165, 1.54) is 0 Å². The number of nitrogens with one attached hydrogen (secondary N) is 1. The number of Topliss-reactive ketones (excluding diaryl/α,β-unsaturated/α-hetero) is 1. The molecular formula is C19H24BrNO3. The molecule has 0 aliphatic heterocycles. The van der Waals surface area contributed by atoms with Crippen molar-refractivity contribution in [1.29, 1.82) is 0 Å². The Morgan fingerprint density at radius 1 is 1.29 bits per heavy atom. The molecule has 0 radical (unpaired) electrons. The number of aryl methyl sites for hydroxylation is 1. The molecule has 1 aromatic carbocycles. The highest BCUT2D eigenvalue weighted by atomic mass is 79.9. The Hall–Kier alpha value is -1.36.